The number of hydrogen-bond acceptors (Lipinski definition) is 3. The summed E-state index contributed by atoms with van der Waals surface area (Å²) in [6.45, 7) is 0.676. The van der Waals surface area contributed by atoms with Gasteiger partial charge >= 0.3 is 6.09 Å². The lowest BCUT2D eigenvalue weighted by Crippen LogP contribution is -2.23. The zero-order chi connectivity index (χ0) is 14.2. The number of nitrogens with one attached hydrogen (secondary N) is 1. The minimum atomic E-state index is -0.434. The fourth-order valence-electron chi connectivity index (χ4n) is 1.73. The van der Waals surface area contributed by atoms with Crippen molar-refractivity contribution in [2.75, 3.05) is 7.11 Å². The molecule has 2 aromatic rings. The number of amides is 1. The number of benzene rings is 2. The van der Waals surface area contributed by atoms with Crippen molar-refractivity contribution in [2.24, 2.45) is 0 Å². The summed E-state index contributed by atoms with van der Waals surface area (Å²) >= 11 is 0. The molecule has 0 saturated carbocycles. The summed E-state index contributed by atoms with van der Waals surface area (Å²) in [6, 6.07) is 17.1. The lowest BCUT2D eigenvalue weighted by atomic mass is 10.2. The number of alkyl carbamates (subject to hydrolysis) is 1. The molecule has 2 rings (SSSR count). The summed E-state index contributed by atoms with van der Waals surface area (Å²) < 4.78 is 10.2. The van der Waals surface area contributed by atoms with Crippen LogP contribution in [0.1, 0.15) is 11.1 Å². The van der Waals surface area contributed by atoms with Crippen LogP contribution >= 0.6 is 0 Å². The molecular formula is C16H17NO3. The quantitative estimate of drug-likeness (QED) is 0.909. The van der Waals surface area contributed by atoms with E-state index < -0.39 is 6.09 Å². The van der Waals surface area contributed by atoms with Crippen LogP contribution in [0, 0.1) is 0 Å². The van der Waals surface area contributed by atoms with E-state index in [1.54, 1.807) is 7.11 Å². The Kier molecular flexibility index (Phi) is 5.00. The van der Waals surface area contributed by atoms with Gasteiger partial charge in [0.1, 0.15) is 12.4 Å². The first kappa shape index (κ1) is 13.9. The molecule has 1 amide bonds. The van der Waals surface area contributed by atoms with Gasteiger partial charge < -0.3 is 14.8 Å². The van der Waals surface area contributed by atoms with Gasteiger partial charge in [-0.05, 0) is 23.3 Å². The van der Waals surface area contributed by atoms with Crippen LogP contribution in [-0.4, -0.2) is 13.2 Å². The summed E-state index contributed by atoms with van der Waals surface area (Å²) in [5.41, 5.74) is 1.92. The van der Waals surface area contributed by atoms with Crippen molar-refractivity contribution in [3.8, 4) is 5.75 Å². The van der Waals surface area contributed by atoms with Crippen LogP contribution in [0.3, 0.4) is 0 Å². The van der Waals surface area contributed by atoms with Gasteiger partial charge in [0.2, 0.25) is 0 Å². The van der Waals surface area contributed by atoms with E-state index in [4.69, 9.17) is 9.47 Å². The van der Waals surface area contributed by atoms with Crippen LogP contribution < -0.4 is 10.1 Å². The molecule has 0 fully saturated rings. The molecule has 0 aliphatic carbocycles. The van der Waals surface area contributed by atoms with Gasteiger partial charge in [-0.25, -0.2) is 4.79 Å². The number of methoxy groups -OCH3 is 1. The standard InChI is InChI=1S/C16H17NO3/c1-19-15-9-5-8-14(10-15)11-17-16(18)20-12-13-6-3-2-4-7-13/h2-10H,11-12H2,1H3,(H,17,18). The molecule has 0 heterocycles. The molecule has 0 atom stereocenters. The van der Waals surface area contributed by atoms with Crippen molar-refractivity contribution in [1.82, 2.24) is 5.32 Å². The van der Waals surface area contributed by atoms with Crippen molar-refractivity contribution >= 4 is 6.09 Å². The van der Waals surface area contributed by atoms with Crippen LogP contribution in [0.4, 0.5) is 4.79 Å². The minimum Gasteiger partial charge on any atom is -0.497 e. The second kappa shape index (κ2) is 7.19. The Labute approximate surface area is 118 Å². The van der Waals surface area contributed by atoms with Crippen molar-refractivity contribution in [1.29, 1.82) is 0 Å². The average Bonchev–Trinajstić information content (AvgIpc) is 2.52. The molecule has 20 heavy (non-hydrogen) atoms. The minimum absolute atomic E-state index is 0.269. The Hall–Kier alpha value is -2.49. The number of carbonyl (C=O) groups excluding carboxylic acids is 1. The van der Waals surface area contributed by atoms with Crippen LogP contribution in [-0.2, 0) is 17.9 Å². The first-order valence-electron chi connectivity index (χ1n) is 6.35. The van der Waals surface area contributed by atoms with Crippen molar-refractivity contribution in [3.63, 3.8) is 0 Å². The third-order valence-corrected chi connectivity index (χ3v) is 2.78. The van der Waals surface area contributed by atoms with Crippen LogP contribution in [0.2, 0.25) is 0 Å². The summed E-state index contributed by atoms with van der Waals surface area (Å²) in [6.07, 6.45) is -0.434. The second-order valence-corrected chi connectivity index (χ2v) is 4.27. The Morgan fingerprint density at radius 2 is 1.80 bits per heavy atom. The normalized spacial score (nSPS) is 9.85. The maximum absolute atomic E-state index is 11.6. The Morgan fingerprint density at radius 3 is 2.55 bits per heavy atom. The van der Waals surface area contributed by atoms with Crippen molar-refractivity contribution in [2.45, 2.75) is 13.2 Å². The third-order valence-electron chi connectivity index (χ3n) is 2.78. The van der Waals surface area contributed by atoms with Crippen molar-refractivity contribution < 1.29 is 14.3 Å². The molecule has 1 N–H and O–H groups in total. The summed E-state index contributed by atoms with van der Waals surface area (Å²) in [4.78, 5) is 11.6. The fraction of sp³-hybridized carbons (Fsp3) is 0.188. The molecule has 0 saturated heterocycles. The lowest BCUT2D eigenvalue weighted by Gasteiger charge is -2.08. The predicted molar refractivity (Wildman–Crippen MR) is 76.5 cm³/mol. The topological polar surface area (TPSA) is 47.6 Å². The van der Waals surface area contributed by atoms with E-state index in [1.165, 1.54) is 0 Å². The SMILES string of the molecule is COc1cccc(CNC(=O)OCc2ccccc2)c1. The molecule has 0 aliphatic rings. The Bertz CT molecular complexity index is 555. The van der Waals surface area contributed by atoms with E-state index in [0.29, 0.717) is 6.54 Å². The van der Waals surface area contributed by atoms with E-state index in [-0.39, 0.29) is 6.61 Å². The van der Waals surface area contributed by atoms with E-state index in [1.807, 2.05) is 54.6 Å². The molecular weight excluding hydrogens is 254 g/mol. The molecule has 0 bridgehead atoms. The van der Waals surface area contributed by atoms with Gasteiger partial charge in [0.05, 0.1) is 7.11 Å². The van der Waals surface area contributed by atoms with Crippen LogP contribution in [0.25, 0.3) is 0 Å². The summed E-state index contributed by atoms with van der Waals surface area (Å²) in [5, 5.41) is 2.70. The van der Waals surface area contributed by atoms with Gasteiger partial charge in [0, 0.05) is 6.54 Å². The summed E-state index contributed by atoms with van der Waals surface area (Å²) in [5.74, 6) is 0.766. The van der Waals surface area contributed by atoms with Gasteiger partial charge in [-0.1, -0.05) is 42.5 Å². The second-order valence-electron chi connectivity index (χ2n) is 4.27. The molecule has 4 nitrogen and oxygen atoms in total. The molecule has 104 valence electrons. The Balaban J connectivity index is 1.77. The Morgan fingerprint density at radius 1 is 1.05 bits per heavy atom. The first-order chi connectivity index (χ1) is 9.78. The molecule has 2 aromatic carbocycles. The monoisotopic (exact) mass is 271 g/mol. The highest BCUT2D eigenvalue weighted by atomic mass is 16.5. The maximum atomic E-state index is 11.6. The van der Waals surface area contributed by atoms with Gasteiger partial charge in [-0.15, -0.1) is 0 Å². The number of ether oxygens (including phenoxy) is 2. The maximum Gasteiger partial charge on any atom is 0.407 e. The van der Waals surface area contributed by atoms with E-state index in [0.717, 1.165) is 16.9 Å². The highest BCUT2D eigenvalue weighted by Crippen LogP contribution is 2.12. The third kappa shape index (κ3) is 4.31. The highest BCUT2D eigenvalue weighted by molar-refractivity contribution is 5.67. The molecule has 0 aromatic heterocycles. The molecule has 0 radical (unpaired) electrons. The number of hydrogen-bond donors (Lipinski definition) is 1. The molecule has 0 unspecified atom stereocenters. The molecule has 0 spiro atoms. The van der Waals surface area contributed by atoms with E-state index >= 15 is 0 Å². The zero-order valence-electron chi connectivity index (χ0n) is 11.3. The van der Waals surface area contributed by atoms with Gasteiger partial charge in [-0.2, -0.15) is 0 Å². The van der Waals surface area contributed by atoms with E-state index in [9.17, 15) is 4.79 Å². The summed E-state index contributed by atoms with van der Waals surface area (Å²) in [7, 11) is 1.61. The average molecular weight is 271 g/mol. The molecule has 0 aliphatic heterocycles. The van der Waals surface area contributed by atoms with Gasteiger partial charge in [0.25, 0.3) is 0 Å². The fourth-order valence-corrected chi connectivity index (χ4v) is 1.73. The smallest absolute Gasteiger partial charge is 0.407 e. The number of carbonyl (C=O) groups is 1. The van der Waals surface area contributed by atoms with E-state index in [2.05, 4.69) is 5.32 Å². The van der Waals surface area contributed by atoms with Crippen molar-refractivity contribution in [3.05, 3.63) is 65.7 Å². The van der Waals surface area contributed by atoms with Gasteiger partial charge in [0.15, 0.2) is 0 Å². The van der Waals surface area contributed by atoms with Crippen LogP contribution in [0.15, 0.2) is 54.6 Å². The van der Waals surface area contributed by atoms with Crippen LogP contribution in [0.5, 0.6) is 5.75 Å². The largest absolute Gasteiger partial charge is 0.497 e. The number of rotatable bonds is 5. The highest BCUT2D eigenvalue weighted by Gasteiger charge is 2.03. The van der Waals surface area contributed by atoms with Gasteiger partial charge in [-0.3, -0.25) is 0 Å². The predicted octanol–water partition coefficient (Wildman–Crippen LogP) is 3.12. The zero-order valence-corrected chi connectivity index (χ0v) is 11.3. The lowest BCUT2D eigenvalue weighted by molar-refractivity contribution is 0.139. The molecule has 4 heteroatoms. The first-order valence-corrected chi connectivity index (χ1v) is 6.35.